The van der Waals surface area contributed by atoms with Crippen LogP contribution in [0.4, 0.5) is 5.69 Å². The third-order valence-corrected chi connectivity index (χ3v) is 3.76. The third kappa shape index (κ3) is 6.77. The van der Waals surface area contributed by atoms with Crippen molar-refractivity contribution in [2.24, 2.45) is 10.3 Å². The fourth-order valence-electron chi connectivity index (χ4n) is 2.46. The summed E-state index contributed by atoms with van der Waals surface area (Å²) in [5, 5.41) is 12.7. The van der Waals surface area contributed by atoms with E-state index in [-0.39, 0.29) is 5.91 Å². The van der Waals surface area contributed by atoms with Crippen LogP contribution in [0.25, 0.3) is 0 Å². The molecule has 1 aromatic carbocycles. The summed E-state index contributed by atoms with van der Waals surface area (Å²) in [4.78, 5) is 11.8. The Balaban J connectivity index is 1.61. The molecule has 24 heavy (non-hydrogen) atoms. The summed E-state index contributed by atoms with van der Waals surface area (Å²) in [5.41, 5.74) is 3.43. The maximum absolute atomic E-state index is 11.8. The highest BCUT2D eigenvalue weighted by molar-refractivity contribution is 5.75. The van der Waals surface area contributed by atoms with Crippen LogP contribution in [0.2, 0.25) is 0 Å². The summed E-state index contributed by atoms with van der Waals surface area (Å²) in [6.07, 6.45) is 10.8. The molecule has 1 N–H and O–H groups in total. The molecule has 0 saturated carbocycles. The molecular formula is C19H26N4O. The Morgan fingerprint density at radius 1 is 1.21 bits per heavy atom. The second-order valence-electron chi connectivity index (χ2n) is 6.11. The van der Waals surface area contributed by atoms with E-state index in [1.54, 1.807) is 5.01 Å². The average Bonchev–Trinajstić information content (AvgIpc) is 3.07. The van der Waals surface area contributed by atoms with Gasteiger partial charge in [-0.2, -0.15) is 0 Å². The average molecular weight is 326 g/mol. The number of nitrogens with one attached hydrogen (secondary N) is 1. The van der Waals surface area contributed by atoms with Crippen molar-refractivity contribution in [1.29, 1.82) is 0 Å². The van der Waals surface area contributed by atoms with Crippen molar-refractivity contribution in [3.8, 4) is 0 Å². The minimum atomic E-state index is 0.137. The summed E-state index contributed by atoms with van der Waals surface area (Å²) in [6, 6.07) is 7.92. The lowest BCUT2D eigenvalue weighted by Gasteiger charge is -2.06. The Morgan fingerprint density at radius 3 is 2.67 bits per heavy atom. The van der Waals surface area contributed by atoms with Gasteiger partial charge in [0.15, 0.2) is 0 Å². The molecule has 0 radical (unpaired) electrons. The number of amides is 1. The lowest BCUT2D eigenvalue weighted by molar-refractivity contribution is -0.121. The van der Waals surface area contributed by atoms with Crippen molar-refractivity contribution < 1.29 is 4.79 Å². The van der Waals surface area contributed by atoms with Gasteiger partial charge in [0.05, 0.1) is 5.69 Å². The summed E-state index contributed by atoms with van der Waals surface area (Å²) in [7, 11) is 3.67. The highest BCUT2D eigenvalue weighted by atomic mass is 16.1. The van der Waals surface area contributed by atoms with Crippen LogP contribution >= 0.6 is 0 Å². The topological polar surface area (TPSA) is 57.1 Å². The molecule has 0 saturated heterocycles. The number of carbonyl (C=O) groups excluding carboxylic acids is 1. The van der Waals surface area contributed by atoms with Gasteiger partial charge in [-0.1, -0.05) is 41.2 Å². The quantitative estimate of drug-likeness (QED) is 0.551. The van der Waals surface area contributed by atoms with Gasteiger partial charge in [-0.25, -0.2) is 0 Å². The lowest BCUT2D eigenvalue weighted by Crippen LogP contribution is -2.25. The highest BCUT2D eigenvalue weighted by Gasteiger charge is 2.04. The monoisotopic (exact) mass is 326 g/mol. The molecule has 0 aromatic heterocycles. The molecule has 1 aliphatic rings. The molecule has 5 heteroatoms. The number of nitrogens with zero attached hydrogens (tertiary/aromatic N) is 3. The largest absolute Gasteiger partial charge is 0.356 e. The van der Waals surface area contributed by atoms with Gasteiger partial charge in [-0.05, 0) is 43.4 Å². The van der Waals surface area contributed by atoms with Crippen LogP contribution in [0.3, 0.4) is 0 Å². The molecular weight excluding hydrogens is 300 g/mol. The Kier molecular flexibility index (Phi) is 7.21. The molecule has 0 bridgehead atoms. The maximum Gasteiger partial charge on any atom is 0.220 e. The fourth-order valence-corrected chi connectivity index (χ4v) is 2.46. The number of rotatable bonds is 9. The van der Waals surface area contributed by atoms with Gasteiger partial charge in [0.1, 0.15) is 0 Å². The molecule has 1 aliphatic carbocycles. The van der Waals surface area contributed by atoms with E-state index in [2.05, 4.69) is 33.9 Å². The second kappa shape index (κ2) is 9.65. The molecule has 0 heterocycles. The fraction of sp³-hybridized carbons (Fsp3) is 0.421. The van der Waals surface area contributed by atoms with Crippen molar-refractivity contribution in [3.63, 3.8) is 0 Å². The molecule has 0 atom stereocenters. The number of hydrogen-bond acceptors (Lipinski definition) is 3. The number of hydrogen-bond donors (Lipinski definition) is 1. The number of benzene rings is 1. The molecule has 0 spiro atoms. The van der Waals surface area contributed by atoms with Crippen LogP contribution < -0.4 is 5.32 Å². The second-order valence-corrected chi connectivity index (χ2v) is 6.11. The van der Waals surface area contributed by atoms with E-state index in [1.165, 1.54) is 11.1 Å². The first kappa shape index (κ1) is 17.9. The molecule has 2 rings (SSSR count). The first-order valence-electron chi connectivity index (χ1n) is 8.42. The van der Waals surface area contributed by atoms with E-state index < -0.39 is 0 Å². The van der Waals surface area contributed by atoms with Gasteiger partial charge >= 0.3 is 0 Å². The normalized spacial score (nSPS) is 13.3. The molecule has 0 aliphatic heterocycles. The lowest BCUT2D eigenvalue weighted by atomic mass is 10.1. The Bertz CT molecular complexity index is 615. The molecule has 1 aromatic rings. The predicted molar refractivity (Wildman–Crippen MR) is 97.0 cm³/mol. The Hall–Kier alpha value is -2.43. The minimum absolute atomic E-state index is 0.137. The Labute approximate surface area is 144 Å². The van der Waals surface area contributed by atoms with Crippen LogP contribution in [0, 0.1) is 0 Å². The smallest absolute Gasteiger partial charge is 0.220 e. The highest BCUT2D eigenvalue weighted by Crippen LogP contribution is 2.17. The maximum atomic E-state index is 11.8. The van der Waals surface area contributed by atoms with Crippen molar-refractivity contribution >= 4 is 11.6 Å². The zero-order valence-corrected chi connectivity index (χ0v) is 14.5. The predicted octanol–water partition coefficient (Wildman–Crippen LogP) is 3.96. The van der Waals surface area contributed by atoms with Crippen LogP contribution in [0.1, 0.15) is 31.2 Å². The van der Waals surface area contributed by atoms with Crippen molar-refractivity contribution in [2.45, 2.75) is 32.1 Å². The van der Waals surface area contributed by atoms with Crippen molar-refractivity contribution in [3.05, 3.63) is 53.6 Å². The Morgan fingerprint density at radius 2 is 2.00 bits per heavy atom. The zero-order valence-electron chi connectivity index (χ0n) is 14.5. The van der Waals surface area contributed by atoms with E-state index in [1.807, 2.05) is 38.4 Å². The van der Waals surface area contributed by atoms with Crippen molar-refractivity contribution in [1.82, 2.24) is 10.3 Å². The summed E-state index contributed by atoms with van der Waals surface area (Å²) < 4.78 is 0. The molecule has 128 valence electrons. The first-order chi connectivity index (χ1) is 11.6. The zero-order chi connectivity index (χ0) is 17.2. The van der Waals surface area contributed by atoms with Gasteiger partial charge in [0.25, 0.3) is 0 Å². The van der Waals surface area contributed by atoms with Gasteiger partial charge in [0.2, 0.25) is 5.91 Å². The van der Waals surface area contributed by atoms with Crippen molar-refractivity contribution in [2.75, 3.05) is 20.6 Å². The van der Waals surface area contributed by atoms with E-state index in [0.717, 1.165) is 31.4 Å². The molecule has 5 nitrogen and oxygen atoms in total. The van der Waals surface area contributed by atoms with E-state index in [9.17, 15) is 4.79 Å². The minimum Gasteiger partial charge on any atom is -0.356 e. The molecule has 0 fully saturated rings. The van der Waals surface area contributed by atoms with Crippen LogP contribution in [0.15, 0.2) is 58.4 Å². The summed E-state index contributed by atoms with van der Waals surface area (Å²) in [6.45, 7) is 0.668. The van der Waals surface area contributed by atoms with Gasteiger partial charge < -0.3 is 5.32 Å². The number of carbonyl (C=O) groups is 1. The number of allylic oxidation sites excluding steroid dienone is 4. The van der Waals surface area contributed by atoms with Gasteiger partial charge in [-0.15, -0.1) is 5.11 Å². The van der Waals surface area contributed by atoms with Crippen LogP contribution in [-0.4, -0.2) is 31.6 Å². The molecule has 0 unspecified atom stereocenters. The SMILES string of the molecule is CN(C)N=Nc1ccc(CCNC(=O)CCCC2=CC=CC2)cc1. The van der Waals surface area contributed by atoms with Gasteiger partial charge in [0, 0.05) is 27.1 Å². The van der Waals surface area contributed by atoms with Crippen LogP contribution in [-0.2, 0) is 11.2 Å². The van der Waals surface area contributed by atoms with Crippen LogP contribution in [0.5, 0.6) is 0 Å². The third-order valence-electron chi connectivity index (χ3n) is 3.76. The summed E-state index contributed by atoms with van der Waals surface area (Å²) in [5.74, 6) is 0.137. The first-order valence-corrected chi connectivity index (χ1v) is 8.42. The van der Waals surface area contributed by atoms with E-state index in [0.29, 0.717) is 13.0 Å². The standard InChI is InChI=1S/C19H26N4O/c1-23(2)22-21-18-12-10-17(11-13-18)14-15-20-19(24)9-5-8-16-6-3-4-7-16/h3-4,6,10-13H,5,7-9,14-15H2,1-2H3,(H,20,24). The summed E-state index contributed by atoms with van der Waals surface area (Å²) >= 11 is 0. The molecule has 1 amide bonds. The van der Waals surface area contributed by atoms with E-state index in [4.69, 9.17) is 0 Å². The van der Waals surface area contributed by atoms with Gasteiger partial charge in [-0.3, -0.25) is 9.80 Å². The van der Waals surface area contributed by atoms with E-state index >= 15 is 0 Å².